The summed E-state index contributed by atoms with van der Waals surface area (Å²) in [6, 6.07) is 0.934. The van der Waals surface area contributed by atoms with Crippen molar-refractivity contribution in [3.8, 4) is 0 Å². The second kappa shape index (κ2) is 4.14. The summed E-state index contributed by atoms with van der Waals surface area (Å²) in [5.41, 5.74) is 0. The second-order valence-corrected chi connectivity index (χ2v) is 7.83. The third-order valence-corrected chi connectivity index (χ3v) is 7.15. The molecule has 0 atom stereocenters. The van der Waals surface area contributed by atoms with E-state index in [1.165, 1.54) is 0 Å². The van der Waals surface area contributed by atoms with Crippen LogP contribution in [0.3, 0.4) is 0 Å². The van der Waals surface area contributed by atoms with E-state index in [0.717, 1.165) is 6.04 Å². The Morgan fingerprint density at radius 2 is 2.11 bits per heavy atom. The molecule has 9 heavy (non-hydrogen) atoms. The number of hydrogen-bond acceptors (Lipinski definition) is 3. The van der Waals surface area contributed by atoms with Crippen LogP contribution in [0.1, 0.15) is 0 Å². The lowest BCUT2D eigenvalue weighted by Crippen LogP contribution is -2.34. The Hall–Kier alpha value is 0.271. The van der Waals surface area contributed by atoms with Crippen molar-refractivity contribution in [2.75, 3.05) is 0 Å². The molecule has 0 radical (unpaired) electrons. The van der Waals surface area contributed by atoms with Gasteiger partial charge in [0.05, 0.1) is 0 Å². The third-order valence-electron chi connectivity index (χ3n) is 1.03. The molecule has 0 aliphatic carbocycles. The van der Waals surface area contributed by atoms with Crippen molar-refractivity contribution < 1.29 is 12.3 Å². The van der Waals surface area contributed by atoms with Crippen LogP contribution < -0.4 is 0 Å². The van der Waals surface area contributed by atoms with Gasteiger partial charge in [-0.15, -0.1) is 6.58 Å². The lowest BCUT2D eigenvalue weighted by Gasteiger charge is -2.20. The van der Waals surface area contributed by atoms with E-state index < -0.39 is 29.3 Å². The average molecular weight is 178 g/mol. The predicted molar refractivity (Wildman–Crippen MR) is 42.5 cm³/mol. The topological polar surface area (TPSA) is 27.7 Å². The monoisotopic (exact) mass is 178 g/mol. The minimum atomic E-state index is -1.25. The molecule has 1 fully saturated rings. The molecular weight excluding hydrogens is 168 g/mol. The van der Waals surface area contributed by atoms with Gasteiger partial charge in [0.25, 0.3) is 20.0 Å². The Kier molecular flexibility index (Phi) is 3.40. The standard InChI is InChI=1S/C3H10O3Si3/c1-2-3-9-5-7-4-8-6-9/h2,9H,1,3,7-8H2. The smallest absolute Gasteiger partial charge is 0.306 e. The quantitative estimate of drug-likeness (QED) is 0.379. The van der Waals surface area contributed by atoms with Gasteiger partial charge in [-0.2, -0.15) is 0 Å². The lowest BCUT2D eigenvalue weighted by molar-refractivity contribution is 0.325. The summed E-state index contributed by atoms with van der Waals surface area (Å²) in [5, 5.41) is 0. The lowest BCUT2D eigenvalue weighted by atomic mass is 10.8. The van der Waals surface area contributed by atoms with Crippen molar-refractivity contribution in [3.63, 3.8) is 0 Å². The molecule has 0 bridgehead atoms. The van der Waals surface area contributed by atoms with Crippen molar-refractivity contribution in [1.82, 2.24) is 0 Å². The van der Waals surface area contributed by atoms with E-state index in [2.05, 4.69) is 6.58 Å². The normalized spacial score (nSPS) is 33.1. The summed E-state index contributed by atoms with van der Waals surface area (Å²) in [5.74, 6) is 0. The van der Waals surface area contributed by atoms with E-state index in [1.807, 2.05) is 6.08 Å². The fourth-order valence-electron chi connectivity index (χ4n) is 0.602. The maximum absolute atomic E-state index is 5.32. The first-order valence-electron chi connectivity index (χ1n) is 2.85. The van der Waals surface area contributed by atoms with Crippen molar-refractivity contribution in [3.05, 3.63) is 12.7 Å². The fourth-order valence-corrected chi connectivity index (χ4v) is 7.20. The zero-order valence-electron chi connectivity index (χ0n) is 5.21. The van der Waals surface area contributed by atoms with Gasteiger partial charge < -0.3 is 12.3 Å². The van der Waals surface area contributed by atoms with Crippen molar-refractivity contribution >= 4 is 29.3 Å². The second-order valence-electron chi connectivity index (χ2n) is 1.73. The van der Waals surface area contributed by atoms with Gasteiger partial charge in [-0.3, -0.25) is 0 Å². The zero-order chi connectivity index (χ0) is 6.53. The Balaban J connectivity index is 2.15. The minimum Gasteiger partial charge on any atom is -0.425 e. The molecule has 0 aromatic heterocycles. The summed E-state index contributed by atoms with van der Waals surface area (Å²) in [6.45, 7) is 3.62. The van der Waals surface area contributed by atoms with E-state index >= 15 is 0 Å². The number of allylic oxidation sites excluding steroid dienone is 1. The van der Waals surface area contributed by atoms with Crippen LogP contribution in [-0.4, -0.2) is 29.3 Å². The van der Waals surface area contributed by atoms with Gasteiger partial charge in [0, 0.05) is 6.04 Å². The van der Waals surface area contributed by atoms with Gasteiger partial charge in [-0.1, -0.05) is 6.08 Å². The van der Waals surface area contributed by atoms with Crippen molar-refractivity contribution in [1.29, 1.82) is 0 Å². The average Bonchev–Trinajstić information content (AvgIpc) is 1.91. The maximum atomic E-state index is 5.32. The molecule has 0 aromatic rings. The van der Waals surface area contributed by atoms with Crippen molar-refractivity contribution in [2.24, 2.45) is 0 Å². The van der Waals surface area contributed by atoms with Crippen LogP contribution in [0.4, 0.5) is 0 Å². The largest absolute Gasteiger partial charge is 0.425 e. The SMILES string of the molecule is C=CC[SiH]1O[SiH2]O[SiH2]O1. The Morgan fingerprint density at radius 3 is 2.67 bits per heavy atom. The highest BCUT2D eigenvalue weighted by Gasteiger charge is 2.15. The van der Waals surface area contributed by atoms with Gasteiger partial charge in [0.1, 0.15) is 0 Å². The molecule has 52 valence electrons. The van der Waals surface area contributed by atoms with Crippen LogP contribution in [0.5, 0.6) is 0 Å². The highest BCUT2D eigenvalue weighted by atomic mass is 28.4. The van der Waals surface area contributed by atoms with E-state index in [1.54, 1.807) is 0 Å². The van der Waals surface area contributed by atoms with Crippen LogP contribution in [-0.2, 0) is 12.3 Å². The van der Waals surface area contributed by atoms with Crippen LogP contribution in [0, 0.1) is 0 Å². The first kappa shape index (κ1) is 7.38. The summed E-state index contributed by atoms with van der Waals surface area (Å²) >= 11 is 0. The predicted octanol–water partition coefficient (Wildman–Crippen LogP) is -1.55. The van der Waals surface area contributed by atoms with Crippen molar-refractivity contribution in [2.45, 2.75) is 6.04 Å². The van der Waals surface area contributed by atoms with Crippen LogP contribution in [0.15, 0.2) is 12.7 Å². The number of rotatable bonds is 2. The summed E-state index contributed by atoms with van der Waals surface area (Å²) in [4.78, 5) is 0. The minimum absolute atomic E-state index is 0.609. The summed E-state index contributed by atoms with van der Waals surface area (Å²) in [7, 11) is -2.46. The first-order valence-corrected chi connectivity index (χ1v) is 6.92. The van der Waals surface area contributed by atoms with Gasteiger partial charge in [0.15, 0.2) is 0 Å². The highest BCUT2D eigenvalue weighted by molar-refractivity contribution is 6.61. The molecule has 0 unspecified atom stereocenters. The molecule has 3 nitrogen and oxygen atoms in total. The maximum Gasteiger partial charge on any atom is 0.306 e. The molecule has 0 N–H and O–H groups in total. The molecule has 1 aliphatic heterocycles. The Labute approximate surface area is 61.0 Å². The summed E-state index contributed by atoms with van der Waals surface area (Å²) in [6.07, 6.45) is 1.87. The molecule has 1 aliphatic rings. The molecule has 1 saturated heterocycles. The molecule has 0 spiro atoms. The van der Waals surface area contributed by atoms with E-state index in [-0.39, 0.29) is 0 Å². The van der Waals surface area contributed by atoms with Gasteiger partial charge in [-0.25, -0.2) is 0 Å². The van der Waals surface area contributed by atoms with E-state index in [0.29, 0.717) is 0 Å². The van der Waals surface area contributed by atoms with Gasteiger partial charge in [-0.05, 0) is 0 Å². The summed E-state index contributed by atoms with van der Waals surface area (Å²) < 4.78 is 15.7. The molecule has 0 amide bonds. The highest BCUT2D eigenvalue weighted by Crippen LogP contribution is 1.99. The van der Waals surface area contributed by atoms with Crippen LogP contribution in [0.2, 0.25) is 6.04 Å². The molecule has 1 rings (SSSR count). The van der Waals surface area contributed by atoms with Crippen LogP contribution >= 0.6 is 0 Å². The molecule has 1 heterocycles. The molecule has 6 heteroatoms. The fraction of sp³-hybridized carbons (Fsp3) is 0.333. The van der Waals surface area contributed by atoms with E-state index in [9.17, 15) is 0 Å². The Bertz CT molecular complexity index is 92.3. The van der Waals surface area contributed by atoms with E-state index in [4.69, 9.17) is 12.3 Å². The third kappa shape index (κ3) is 2.56. The first-order chi connectivity index (χ1) is 4.43. The van der Waals surface area contributed by atoms with Crippen LogP contribution in [0.25, 0.3) is 0 Å². The zero-order valence-corrected chi connectivity index (χ0v) is 9.19. The van der Waals surface area contributed by atoms with Gasteiger partial charge >= 0.3 is 9.28 Å². The number of hydrogen-bond donors (Lipinski definition) is 0. The Morgan fingerprint density at radius 1 is 1.44 bits per heavy atom. The molecular formula is C3H10O3Si3. The molecule has 0 saturated carbocycles. The van der Waals surface area contributed by atoms with Gasteiger partial charge in [0.2, 0.25) is 0 Å². The molecule has 0 aromatic carbocycles.